The highest BCUT2D eigenvalue weighted by molar-refractivity contribution is 5.87. The smallest absolute Gasteiger partial charge is 0.0236 e. The zero-order chi connectivity index (χ0) is 21.5. The van der Waals surface area contributed by atoms with Gasteiger partial charge in [0.05, 0.1) is 0 Å². The molecule has 0 radical (unpaired) electrons. The Kier molecular flexibility index (Phi) is 7.35. The summed E-state index contributed by atoms with van der Waals surface area (Å²) in [6.07, 6.45) is 3.77. The van der Waals surface area contributed by atoms with Crippen molar-refractivity contribution in [1.29, 1.82) is 0 Å². The molecule has 0 bridgehead atoms. The first-order chi connectivity index (χ1) is 15.2. The van der Waals surface area contributed by atoms with E-state index in [2.05, 4.69) is 96.0 Å². The summed E-state index contributed by atoms with van der Waals surface area (Å²) in [7, 11) is 2.03. The highest BCUT2D eigenvalue weighted by Gasteiger charge is 2.17. The van der Waals surface area contributed by atoms with Gasteiger partial charge in [-0.25, -0.2) is 0 Å². The van der Waals surface area contributed by atoms with Crippen LogP contribution in [-0.4, -0.2) is 31.6 Å². The molecule has 1 aliphatic heterocycles. The van der Waals surface area contributed by atoms with Crippen LogP contribution in [0, 0.1) is 6.92 Å². The molecule has 0 aromatic heterocycles. The number of aryl methyl sites for hydroxylation is 1. The number of unbranched alkanes of at least 4 members (excludes halogenated alkanes) is 1. The lowest BCUT2D eigenvalue weighted by Crippen LogP contribution is -2.31. The lowest BCUT2D eigenvalue weighted by atomic mass is 9.93. The van der Waals surface area contributed by atoms with Crippen molar-refractivity contribution in [1.82, 2.24) is 10.2 Å². The normalized spacial score (nSPS) is 13.6. The van der Waals surface area contributed by atoms with E-state index in [-0.39, 0.29) is 0 Å². The average molecular weight is 411 g/mol. The number of benzene rings is 4. The van der Waals surface area contributed by atoms with Crippen LogP contribution in [0.2, 0.25) is 0 Å². The molecule has 31 heavy (non-hydrogen) atoms. The Labute approximate surface area is 186 Å². The van der Waals surface area contributed by atoms with Crippen LogP contribution in [-0.2, 0) is 13.0 Å². The first-order valence-corrected chi connectivity index (χ1v) is 11.6. The molecule has 1 heterocycles. The molecule has 0 amide bonds. The van der Waals surface area contributed by atoms with Crippen LogP contribution in [0.5, 0.6) is 0 Å². The molecule has 1 N–H and O–H groups in total. The second-order valence-corrected chi connectivity index (χ2v) is 8.61. The van der Waals surface area contributed by atoms with Gasteiger partial charge in [-0.15, -0.1) is 0 Å². The van der Waals surface area contributed by atoms with E-state index in [4.69, 9.17) is 0 Å². The third kappa shape index (κ3) is 5.52. The molecule has 0 fully saturated rings. The molecule has 4 aromatic rings. The Morgan fingerprint density at radius 3 is 2.39 bits per heavy atom. The molecule has 2 nitrogen and oxygen atoms in total. The highest BCUT2D eigenvalue weighted by Crippen LogP contribution is 2.27. The summed E-state index contributed by atoms with van der Waals surface area (Å²) < 4.78 is 0. The van der Waals surface area contributed by atoms with Gasteiger partial charge in [-0.2, -0.15) is 0 Å². The van der Waals surface area contributed by atoms with E-state index < -0.39 is 0 Å². The van der Waals surface area contributed by atoms with Gasteiger partial charge >= 0.3 is 0 Å². The van der Waals surface area contributed by atoms with E-state index in [0.717, 1.165) is 13.1 Å². The number of hydrogen-bond acceptors (Lipinski definition) is 2. The third-order valence-corrected chi connectivity index (χ3v) is 6.27. The molecule has 4 aromatic carbocycles. The lowest BCUT2D eigenvalue weighted by molar-refractivity contribution is 0.249. The van der Waals surface area contributed by atoms with Crippen LogP contribution in [0.1, 0.15) is 29.5 Å². The zero-order valence-corrected chi connectivity index (χ0v) is 18.9. The Bertz CT molecular complexity index is 1130. The molecule has 5 rings (SSSR count). The van der Waals surface area contributed by atoms with Crippen LogP contribution in [0.3, 0.4) is 0 Å². The van der Waals surface area contributed by atoms with Gasteiger partial charge in [0.25, 0.3) is 0 Å². The van der Waals surface area contributed by atoms with Gasteiger partial charge in [-0.05, 0) is 79.0 Å². The highest BCUT2D eigenvalue weighted by atomic mass is 15.1. The molecule has 160 valence electrons. The molecule has 0 unspecified atom stereocenters. The van der Waals surface area contributed by atoms with Crippen LogP contribution in [0.15, 0.2) is 78.9 Å². The van der Waals surface area contributed by atoms with Crippen LogP contribution >= 0.6 is 0 Å². The van der Waals surface area contributed by atoms with E-state index >= 15 is 0 Å². The fourth-order valence-corrected chi connectivity index (χ4v) is 4.55. The summed E-state index contributed by atoms with van der Waals surface area (Å²) in [5, 5.41) is 8.71. The molecule has 1 aliphatic rings. The molecule has 2 heteroatoms. The largest absolute Gasteiger partial charge is 0.320 e. The minimum Gasteiger partial charge on any atom is -0.320 e. The van der Waals surface area contributed by atoms with E-state index in [0.29, 0.717) is 0 Å². The topological polar surface area (TPSA) is 15.3 Å². The van der Waals surface area contributed by atoms with Crippen molar-refractivity contribution < 1.29 is 0 Å². The predicted molar refractivity (Wildman–Crippen MR) is 135 cm³/mol. The molecule has 0 spiro atoms. The van der Waals surface area contributed by atoms with Crippen molar-refractivity contribution in [2.75, 3.05) is 26.7 Å². The summed E-state index contributed by atoms with van der Waals surface area (Å²) >= 11 is 0. The molecular formula is C29H34N2. The monoisotopic (exact) mass is 410 g/mol. The van der Waals surface area contributed by atoms with Gasteiger partial charge < -0.3 is 5.32 Å². The molecule has 0 atom stereocenters. The molecule has 0 aliphatic carbocycles. The second kappa shape index (κ2) is 10.6. The van der Waals surface area contributed by atoms with Crippen molar-refractivity contribution in [2.24, 2.45) is 0 Å². The van der Waals surface area contributed by atoms with Crippen LogP contribution in [0.25, 0.3) is 21.5 Å². The minimum atomic E-state index is 1.12. The van der Waals surface area contributed by atoms with Gasteiger partial charge in [-0.3, -0.25) is 4.90 Å². The zero-order valence-electron chi connectivity index (χ0n) is 18.9. The van der Waals surface area contributed by atoms with Gasteiger partial charge in [0.2, 0.25) is 0 Å². The first-order valence-electron chi connectivity index (χ1n) is 11.6. The maximum Gasteiger partial charge on any atom is 0.0236 e. The Morgan fingerprint density at radius 2 is 1.55 bits per heavy atom. The number of fused-ring (bicyclic) bond motifs is 4. The maximum atomic E-state index is 3.22. The second-order valence-electron chi connectivity index (χ2n) is 8.61. The fourth-order valence-electron chi connectivity index (χ4n) is 4.55. The standard InChI is InChI=1S/C18H24N2.C11H10/c1-19-11-4-5-12-20-13-10-18-16(14-20)9-8-15-6-2-3-7-17(15)18;1-9-6-7-10-4-2-3-5-11(10)8-9/h2-3,6-9,19H,4-5,10-14H2,1H3;2-8H,1H3. The van der Waals surface area contributed by atoms with Crippen molar-refractivity contribution in [3.63, 3.8) is 0 Å². The molecular weight excluding hydrogens is 376 g/mol. The van der Waals surface area contributed by atoms with Crippen molar-refractivity contribution in [2.45, 2.75) is 32.7 Å². The third-order valence-electron chi connectivity index (χ3n) is 6.27. The summed E-state index contributed by atoms with van der Waals surface area (Å²) in [6.45, 7) is 6.82. The number of nitrogens with one attached hydrogen (secondary N) is 1. The van der Waals surface area contributed by atoms with Crippen molar-refractivity contribution in [3.8, 4) is 0 Å². The van der Waals surface area contributed by atoms with Crippen LogP contribution in [0.4, 0.5) is 0 Å². The number of rotatable bonds is 5. The van der Waals surface area contributed by atoms with Gasteiger partial charge in [0.15, 0.2) is 0 Å². The van der Waals surface area contributed by atoms with Gasteiger partial charge in [0, 0.05) is 13.1 Å². The minimum absolute atomic E-state index is 1.12. The van der Waals surface area contributed by atoms with E-state index in [9.17, 15) is 0 Å². The summed E-state index contributed by atoms with van der Waals surface area (Å²) in [6, 6.07) is 28.3. The molecule has 0 saturated carbocycles. The van der Waals surface area contributed by atoms with Crippen LogP contribution < -0.4 is 5.32 Å². The van der Waals surface area contributed by atoms with Gasteiger partial charge in [-0.1, -0.05) is 84.4 Å². The quantitative estimate of drug-likeness (QED) is 0.386. The number of hydrogen-bond donors (Lipinski definition) is 1. The van der Waals surface area contributed by atoms with E-state index in [1.807, 2.05) is 7.05 Å². The Morgan fingerprint density at radius 1 is 0.806 bits per heavy atom. The Balaban J connectivity index is 0.000000177. The summed E-state index contributed by atoms with van der Waals surface area (Å²) in [5.74, 6) is 0. The molecule has 0 saturated heterocycles. The first kappa shape index (κ1) is 21.5. The summed E-state index contributed by atoms with van der Waals surface area (Å²) in [5.41, 5.74) is 4.43. The summed E-state index contributed by atoms with van der Waals surface area (Å²) in [4.78, 5) is 2.60. The SMILES string of the molecule is CNCCCCN1CCc2c(ccc3ccccc23)C1.Cc1ccc2ccccc2c1. The maximum absolute atomic E-state index is 3.22. The van der Waals surface area contributed by atoms with E-state index in [1.54, 1.807) is 5.56 Å². The Hall–Kier alpha value is -2.68. The van der Waals surface area contributed by atoms with E-state index in [1.165, 1.54) is 65.0 Å². The van der Waals surface area contributed by atoms with Crippen molar-refractivity contribution >= 4 is 21.5 Å². The predicted octanol–water partition coefficient (Wildman–Crippen LogP) is 6.35. The van der Waals surface area contributed by atoms with Gasteiger partial charge in [0.1, 0.15) is 0 Å². The van der Waals surface area contributed by atoms with Crippen molar-refractivity contribution in [3.05, 3.63) is 95.6 Å². The number of nitrogens with zero attached hydrogens (tertiary/aromatic N) is 1. The fraction of sp³-hybridized carbons (Fsp3) is 0.310. The average Bonchev–Trinajstić information content (AvgIpc) is 2.82. The lowest BCUT2D eigenvalue weighted by Gasteiger charge is -2.29.